The molecule has 5 rings (SSSR count). The molecule has 2 bridgehead atoms. The van der Waals surface area contributed by atoms with Gasteiger partial charge in [-0.2, -0.15) is 4.31 Å². The van der Waals surface area contributed by atoms with Gasteiger partial charge in [-0.3, -0.25) is 9.59 Å². The third-order valence-electron chi connectivity index (χ3n) is 9.59. The van der Waals surface area contributed by atoms with Crippen LogP contribution in [0.15, 0.2) is 35.7 Å². The van der Waals surface area contributed by atoms with Gasteiger partial charge in [0.2, 0.25) is 15.9 Å². The Labute approximate surface area is 230 Å². The second-order valence-corrected chi connectivity index (χ2v) is 14.6. The van der Waals surface area contributed by atoms with Crippen molar-refractivity contribution in [3.05, 3.63) is 57.3 Å². The molecule has 1 aliphatic heterocycles. The first-order chi connectivity index (χ1) is 18.0. The molecule has 206 valence electrons. The number of ether oxygens (including phenoxy) is 1. The zero-order valence-corrected chi connectivity index (χ0v) is 24.4. The Morgan fingerprint density at radius 2 is 1.97 bits per heavy atom. The highest BCUT2D eigenvalue weighted by atomic mass is 32.2. The Kier molecular flexibility index (Phi) is 7.35. The van der Waals surface area contributed by atoms with E-state index in [1.807, 2.05) is 43.9 Å². The molecule has 0 saturated heterocycles. The predicted molar refractivity (Wildman–Crippen MR) is 149 cm³/mol. The molecule has 1 amide bonds. The fraction of sp³-hybridized carbons (Fsp3) is 0.586. The number of benzene rings is 1. The number of aryl methyl sites for hydroxylation is 1. The molecule has 1 aromatic heterocycles. The maximum atomic E-state index is 13.9. The van der Waals surface area contributed by atoms with Crippen LogP contribution >= 0.6 is 11.3 Å². The van der Waals surface area contributed by atoms with Crippen LogP contribution in [-0.4, -0.2) is 68.4 Å². The second-order valence-electron chi connectivity index (χ2n) is 11.6. The molecule has 0 N–H and O–H groups in total. The van der Waals surface area contributed by atoms with E-state index in [0.29, 0.717) is 19.4 Å². The van der Waals surface area contributed by atoms with E-state index in [1.165, 1.54) is 16.3 Å². The summed E-state index contributed by atoms with van der Waals surface area (Å²) >= 11 is 1.70. The van der Waals surface area contributed by atoms with Gasteiger partial charge in [0.1, 0.15) is 5.78 Å². The Balaban J connectivity index is 1.44. The molecule has 0 spiro atoms. The van der Waals surface area contributed by atoms with Gasteiger partial charge in [-0.05, 0) is 65.7 Å². The Morgan fingerprint density at radius 1 is 1.21 bits per heavy atom. The molecule has 38 heavy (non-hydrogen) atoms. The summed E-state index contributed by atoms with van der Waals surface area (Å²) in [4.78, 5) is 30.1. The van der Waals surface area contributed by atoms with Crippen molar-refractivity contribution < 1.29 is 22.7 Å². The maximum Gasteiger partial charge on any atom is 0.238 e. The number of Topliss-reactive ketones (excluding diaryl/α,β-unsaturated/α-hetero) is 1. The van der Waals surface area contributed by atoms with Crippen molar-refractivity contribution in [3.63, 3.8) is 0 Å². The molecule has 3 unspecified atom stereocenters. The summed E-state index contributed by atoms with van der Waals surface area (Å²) in [6.45, 7) is 6.63. The van der Waals surface area contributed by atoms with E-state index in [2.05, 4.69) is 17.5 Å². The maximum absolute atomic E-state index is 13.9. The monoisotopic (exact) mass is 558 g/mol. The third-order valence-corrected chi connectivity index (χ3v) is 12.5. The van der Waals surface area contributed by atoms with Crippen LogP contribution in [0.3, 0.4) is 0 Å². The molecule has 7 nitrogen and oxygen atoms in total. The van der Waals surface area contributed by atoms with E-state index >= 15 is 0 Å². The molecule has 2 heterocycles. The molecule has 2 saturated carbocycles. The number of rotatable bonds is 9. The predicted octanol–water partition coefficient (Wildman–Crippen LogP) is 4.20. The molecule has 2 aliphatic carbocycles. The molecule has 3 atom stereocenters. The van der Waals surface area contributed by atoms with Crippen LogP contribution in [0.2, 0.25) is 0 Å². The number of fused-ring (bicyclic) bond motifs is 3. The highest BCUT2D eigenvalue weighted by Crippen LogP contribution is 2.64. The molecule has 9 heteroatoms. The van der Waals surface area contributed by atoms with Crippen molar-refractivity contribution in [2.75, 3.05) is 39.1 Å². The third kappa shape index (κ3) is 4.45. The van der Waals surface area contributed by atoms with Crippen LogP contribution in [0.1, 0.15) is 60.7 Å². The molecule has 2 aromatic rings. The van der Waals surface area contributed by atoms with E-state index in [9.17, 15) is 18.0 Å². The van der Waals surface area contributed by atoms with E-state index in [0.717, 1.165) is 29.5 Å². The number of thiophene rings is 1. The zero-order chi connectivity index (χ0) is 27.3. The minimum Gasteiger partial charge on any atom is -0.383 e. The molecular formula is C29H38N2O5S2. The Bertz CT molecular complexity index is 1330. The summed E-state index contributed by atoms with van der Waals surface area (Å²) in [5.74, 6) is -0.188. The van der Waals surface area contributed by atoms with Crippen molar-refractivity contribution >= 4 is 33.1 Å². The van der Waals surface area contributed by atoms with Crippen LogP contribution in [0.4, 0.5) is 0 Å². The lowest BCUT2D eigenvalue weighted by molar-refractivity contribution is -0.133. The van der Waals surface area contributed by atoms with Crippen LogP contribution in [0.25, 0.3) is 0 Å². The largest absolute Gasteiger partial charge is 0.383 e. The van der Waals surface area contributed by atoms with Gasteiger partial charge in [-0.25, -0.2) is 8.42 Å². The fourth-order valence-electron chi connectivity index (χ4n) is 7.08. The minimum atomic E-state index is -3.91. The number of sulfonamides is 1. The van der Waals surface area contributed by atoms with Crippen LogP contribution in [0.5, 0.6) is 0 Å². The van der Waals surface area contributed by atoms with Gasteiger partial charge in [-0.15, -0.1) is 11.3 Å². The lowest BCUT2D eigenvalue weighted by Crippen LogP contribution is -2.51. The number of carbonyl (C=O) groups excluding carboxylic acids is 2. The van der Waals surface area contributed by atoms with Crippen LogP contribution < -0.4 is 0 Å². The quantitative estimate of drug-likeness (QED) is 0.461. The van der Waals surface area contributed by atoms with Crippen molar-refractivity contribution in [1.29, 1.82) is 0 Å². The second kappa shape index (κ2) is 10.2. The fourth-order valence-corrected chi connectivity index (χ4v) is 10.1. The molecular weight excluding hydrogens is 520 g/mol. The molecule has 1 aromatic carbocycles. The highest BCUT2D eigenvalue weighted by Gasteiger charge is 2.65. The summed E-state index contributed by atoms with van der Waals surface area (Å²) < 4.78 is 34.4. The normalized spacial score (nSPS) is 26.2. The van der Waals surface area contributed by atoms with Gasteiger partial charge in [0.05, 0.1) is 24.9 Å². The van der Waals surface area contributed by atoms with Crippen molar-refractivity contribution in [3.8, 4) is 0 Å². The minimum absolute atomic E-state index is 0.0565. The first-order valence-corrected chi connectivity index (χ1v) is 15.9. The smallest absolute Gasteiger partial charge is 0.238 e. The zero-order valence-electron chi connectivity index (χ0n) is 22.7. The summed E-state index contributed by atoms with van der Waals surface area (Å²) in [6, 6.07) is 9.89. The first kappa shape index (κ1) is 27.5. The van der Waals surface area contributed by atoms with Crippen molar-refractivity contribution in [2.24, 2.45) is 16.7 Å². The van der Waals surface area contributed by atoms with Gasteiger partial charge in [-0.1, -0.05) is 38.1 Å². The van der Waals surface area contributed by atoms with Crippen molar-refractivity contribution in [2.45, 2.75) is 52.5 Å². The number of amides is 1. The standard InChI is InChI=1S/C29H38N2O5S2/c1-20-7-5-6-8-22(20)27-23-11-16-37-24(23)10-13-31(27)26(33)18-30(14-15-36-4)38(34,35)19-29-12-9-21(17-25(29)32)28(29,2)3/h5-8,11,16,21,27H,9-10,12-15,17-19H2,1-4H3. The van der Waals surface area contributed by atoms with E-state index in [1.54, 1.807) is 11.3 Å². The topological polar surface area (TPSA) is 84.0 Å². The summed E-state index contributed by atoms with van der Waals surface area (Å²) in [5, 5.41) is 2.06. The SMILES string of the molecule is COCCN(CC(=O)N1CCc2sccc2C1c1ccccc1C)S(=O)(=O)CC12CCC(CC1=O)C2(C)C. The highest BCUT2D eigenvalue weighted by molar-refractivity contribution is 7.89. The lowest BCUT2D eigenvalue weighted by Gasteiger charge is -2.39. The Morgan fingerprint density at radius 3 is 2.63 bits per heavy atom. The summed E-state index contributed by atoms with van der Waals surface area (Å²) in [7, 11) is -2.39. The van der Waals surface area contributed by atoms with E-state index in [4.69, 9.17) is 4.74 Å². The first-order valence-electron chi connectivity index (χ1n) is 13.4. The van der Waals surface area contributed by atoms with Gasteiger partial charge in [0, 0.05) is 36.9 Å². The van der Waals surface area contributed by atoms with Gasteiger partial charge < -0.3 is 9.64 Å². The summed E-state index contributed by atoms with van der Waals surface area (Å²) in [6.07, 6.45) is 2.67. The Hall–Kier alpha value is -2.07. The van der Waals surface area contributed by atoms with E-state index in [-0.39, 0.29) is 54.5 Å². The average Bonchev–Trinajstić information content (AvgIpc) is 3.49. The van der Waals surface area contributed by atoms with E-state index < -0.39 is 15.4 Å². The van der Waals surface area contributed by atoms with Gasteiger partial charge in [0.15, 0.2) is 0 Å². The van der Waals surface area contributed by atoms with Gasteiger partial charge in [0.25, 0.3) is 0 Å². The number of nitrogens with zero attached hydrogens (tertiary/aromatic N) is 2. The van der Waals surface area contributed by atoms with Gasteiger partial charge >= 0.3 is 0 Å². The molecule has 0 radical (unpaired) electrons. The molecule has 3 aliphatic rings. The number of hydrogen-bond acceptors (Lipinski definition) is 6. The van der Waals surface area contributed by atoms with Crippen LogP contribution in [-0.2, 0) is 30.8 Å². The number of methoxy groups -OCH3 is 1. The van der Waals surface area contributed by atoms with Crippen molar-refractivity contribution in [1.82, 2.24) is 9.21 Å². The molecule has 2 fully saturated rings. The number of hydrogen-bond donors (Lipinski definition) is 0. The lowest BCUT2D eigenvalue weighted by atomic mass is 9.70. The average molecular weight is 559 g/mol. The van der Waals surface area contributed by atoms with Crippen LogP contribution in [0, 0.1) is 23.7 Å². The number of ketones is 1. The number of carbonyl (C=O) groups is 2. The summed E-state index contributed by atoms with van der Waals surface area (Å²) in [5.41, 5.74) is 2.01.